The third-order valence-electron chi connectivity index (χ3n) is 2.23. The number of rotatable bonds is 1. The Morgan fingerprint density at radius 3 is 2.67 bits per heavy atom. The Bertz CT molecular complexity index is 485. The predicted octanol–water partition coefficient (Wildman–Crippen LogP) is 2.03. The molecule has 0 spiro atoms. The van der Waals surface area contributed by atoms with Gasteiger partial charge in [0.2, 0.25) is 0 Å². The number of halogens is 1. The predicted molar refractivity (Wildman–Crippen MR) is 60.6 cm³/mol. The number of hydrogen-bond donors (Lipinski definition) is 1. The molecule has 2 heterocycles. The van der Waals surface area contributed by atoms with Gasteiger partial charge >= 0.3 is 0 Å². The van der Waals surface area contributed by atoms with Gasteiger partial charge in [-0.3, -0.25) is 4.68 Å². The maximum atomic E-state index is 5.84. The second kappa shape index (κ2) is 3.55. The van der Waals surface area contributed by atoms with Crippen molar-refractivity contribution < 1.29 is 0 Å². The number of hydrogen-bond acceptors (Lipinski definition) is 3. The van der Waals surface area contributed by atoms with E-state index in [1.165, 1.54) is 0 Å². The number of pyridine rings is 1. The normalized spacial score (nSPS) is 10.6. The highest BCUT2D eigenvalue weighted by Gasteiger charge is 2.06. The fourth-order valence-electron chi connectivity index (χ4n) is 1.32. The van der Waals surface area contributed by atoms with Gasteiger partial charge in [-0.25, -0.2) is 4.98 Å². The summed E-state index contributed by atoms with van der Waals surface area (Å²) in [6, 6.07) is 3.75. The van der Waals surface area contributed by atoms with E-state index in [1.54, 1.807) is 17.9 Å². The molecule has 0 aliphatic carbocycles. The van der Waals surface area contributed by atoms with E-state index in [-0.39, 0.29) is 0 Å². The Labute approximate surface area is 92.7 Å². The lowest BCUT2D eigenvalue weighted by Crippen LogP contribution is -1.96. The second-order valence-corrected chi connectivity index (χ2v) is 3.77. The summed E-state index contributed by atoms with van der Waals surface area (Å²) in [5.41, 5.74) is 8.36. The van der Waals surface area contributed by atoms with Gasteiger partial charge in [0, 0.05) is 24.9 Å². The maximum absolute atomic E-state index is 5.84. The molecule has 78 valence electrons. The van der Waals surface area contributed by atoms with Crippen molar-refractivity contribution in [2.24, 2.45) is 7.05 Å². The van der Waals surface area contributed by atoms with Crippen LogP contribution >= 0.6 is 11.6 Å². The van der Waals surface area contributed by atoms with Crippen LogP contribution in [-0.2, 0) is 7.05 Å². The lowest BCUT2D eigenvalue weighted by molar-refractivity contribution is 0.782. The van der Waals surface area contributed by atoms with Gasteiger partial charge in [0.1, 0.15) is 11.0 Å². The number of aryl methyl sites for hydroxylation is 2. The van der Waals surface area contributed by atoms with E-state index in [4.69, 9.17) is 17.3 Å². The highest BCUT2D eigenvalue weighted by Crippen LogP contribution is 2.22. The van der Waals surface area contributed by atoms with Crippen LogP contribution in [-0.4, -0.2) is 14.8 Å². The summed E-state index contributed by atoms with van der Waals surface area (Å²) in [4.78, 5) is 4.07. The van der Waals surface area contributed by atoms with E-state index in [9.17, 15) is 0 Å². The van der Waals surface area contributed by atoms with E-state index in [0.29, 0.717) is 11.0 Å². The first kappa shape index (κ1) is 9.98. The third-order valence-corrected chi connectivity index (χ3v) is 2.62. The van der Waals surface area contributed by atoms with Crippen LogP contribution in [0.4, 0.5) is 5.82 Å². The molecule has 2 aromatic rings. The van der Waals surface area contributed by atoms with Crippen LogP contribution in [0.2, 0.25) is 5.15 Å². The first-order valence-corrected chi connectivity index (χ1v) is 4.88. The van der Waals surface area contributed by atoms with Gasteiger partial charge in [0.15, 0.2) is 0 Å². The molecule has 2 N–H and O–H groups in total. The quantitative estimate of drug-likeness (QED) is 0.752. The molecule has 0 saturated heterocycles. The molecule has 0 aliphatic heterocycles. The van der Waals surface area contributed by atoms with Crippen molar-refractivity contribution in [3.05, 3.63) is 29.0 Å². The fourth-order valence-corrected chi connectivity index (χ4v) is 1.42. The summed E-state index contributed by atoms with van der Waals surface area (Å²) in [5.74, 6) is 0.623. The topological polar surface area (TPSA) is 56.7 Å². The number of anilines is 1. The van der Waals surface area contributed by atoms with Crippen LogP contribution in [0.3, 0.4) is 0 Å². The monoisotopic (exact) mass is 222 g/mol. The number of nitrogens with two attached hydrogens (primary N) is 1. The van der Waals surface area contributed by atoms with Crippen LogP contribution in [0.25, 0.3) is 11.3 Å². The lowest BCUT2D eigenvalue weighted by atomic mass is 10.2. The maximum Gasteiger partial charge on any atom is 0.131 e. The third kappa shape index (κ3) is 1.80. The minimum atomic E-state index is 0.516. The van der Waals surface area contributed by atoms with E-state index < -0.39 is 0 Å². The zero-order valence-corrected chi connectivity index (χ0v) is 9.28. The van der Waals surface area contributed by atoms with Gasteiger partial charge in [-0.15, -0.1) is 0 Å². The van der Waals surface area contributed by atoms with Crippen molar-refractivity contribution >= 4 is 17.4 Å². The van der Waals surface area contributed by atoms with Gasteiger partial charge in [0.25, 0.3) is 0 Å². The molecule has 0 radical (unpaired) electrons. The SMILES string of the molecule is Cc1cc(-c2cc(N)n(C)n2)cnc1Cl. The van der Waals surface area contributed by atoms with Gasteiger partial charge in [-0.1, -0.05) is 11.6 Å². The number of nitrogens with zero attached hydrogens (tertiary/aromatic N) is 3. The fraction of sp³-hybridized carbons (Fsp3) is 0.200. The van der Waals surface area contributed by atoms with Crippen molar-refractivity contribution in [1.29, 1.82) is 0 Å². The molecule has 0 unspecified atom stereocenters. The Balaban J connectivity index is 2.49. The van der Waals surface area contributed by atoms with Crippen molar-refractivity contribution in [2.45, 2.75) is 6.92 Å². The van der Waals surface area contributed by atoms with Crippen LogP contribution in [0.1, 0.15) is 5.56 Å². The van der Waals surface area contributed by atoms with Crippen LogP contribution in [0.5, 0.6) is 0 Å². The first-order chi connectivity index (χ1) is 7.08. The smallest absolute Gasteiger partial charge is 0.131 e. The molecule has 15 heavy (non-hydrogen) atoms. The first-order valence-electron chi connectivity index (χ1n) is 4.50. The molecule has 2 rings (SSSR count). The minimum absolute atomic E-state index is 0.516. The highest BCUT2D eigenvalue weighted by atomic mass is 35.5. The molecule has 0 bridgehead atoms. The Morgan fingerprint density at radius 1 is 1.40 bits per heavy atom. The number of nitrogen functional groups attached to an aromatic ring is 1. The number of aromatic nitrogens is 3. The molecule has 0 amide bonds. The Hall–Kier alpha value is -1.55. The molecular weight excluding hydrogens is 212 g/mol. The summed E-state index contributed by atoms with van der Waals surface area (Å²) in [6.07, 6.45) is 1.69. The van der Waals surface area contributed by atoms with Gasteiger partial charge < -0.3 is 5.73 Å². The molecular formula is C10H11ClN4. The summed E-state index contributed by atoms with van der Waals surface area (Å²) in [7, 11) is 1.80. The molecule has 0 aliphatic rings. The van der Waals surface area contributed by atoms with Crippen molar-refractivity contribution in [3.8, 4) is 11.3 Å². The highest BCUT2D eigenvalue weighted by molar-refractivity contribution is 6.30. The zero-order chi connectivity index (χ0) is 11.0. The zero-order valence-electron chi connectivity index (χ0n) is 8.53. The van der Waals surface area contributed by atoms with Crippen LogP contribution in [0, 0.1) is 6.92 Å². The summed E-state index contributed by atoms with van der Waals surface area (Å²) in [6.45, 7) is 1.91. The summed E-state index contributed by atoms with van der Waals surface area (Å²) < 4.78 is 1.62. The molecule has 0 fully saturated rings. The average Bonchev–Trinajstić information content (AvgIpc) is 2.52. The molecule has 0 saturated carbocycles. The van der Waals surface area contributed by atoms with Crippen LogP contribution in [0.15, 0.2) is 18.3 Å². The average molecular weight is 223 g/mol. The van der Waals surface area contributed by atoms with Crippen molar-refractivity contribution in [1.82, 2.24) is 14.8 Å². The van der Waals surface area contributed by atoms with Gasteiger partial charge in [0.05, 0.1) is 5.69 Å². The van der Waals surface area contributed by atoms with E-state index in [1.807, 2.05) is 19.1 Å². The van der Waals surface area contributed by atoms with Crippen molar-refractivity contribution in [3.63, 3.8) is 0 Å². The lowest BCUT2D eigenvalue weighted by Gasteiger charge is -1.99. The van der Waals surface area contributed by atoms with Crippen molar-refractivity contribution in [2.75, 3.05) is 5.73 Å². The van der Waals surface area contributed by atoms with E-state index in [2.05, 4.69) is 10.1 Å². The molecule has 2 aromatic heterocycles. The van der Waals surface area contributed by atoms with Crippen LogP contribution < -0.4 is 5.73 Å². The largest absolute Gasteiger partial charge is 0.384 e. The summed E-state index contributed by atoms with van der Waals surface area (Å²) in [5, 5.41) is 4.78. The minimum Gasteiger partial charge on any atom is -0.384 e. The summed E-state index contributed by atoms with van der Waals surface area (Å²) >= 11 is 5.84. The van der Waals surface area contributed by atoms with E-state index in [0.717, 1.165) is 16.8 Å². The van der Waals surface area contributed by atoms with Gasteiger partial charge in [-0.2, -0.15) is 5.10 Å². The molecule has 0 aromatic carbocycles. The van der Waals surface area contributed by atoms with E-state index >= 15 is 0 Å². The Morgan fingerprint density at radius 2 is 2.13 bits per heavy atom. The Kier molecular flexibility index (Phi) is 2.36. The molecule has 5 heteroatoms. The van der Waals surface area contributed by atoms with Gasteiger partial charge in [-0.05, 0) is 18.6 Å². The molecule has 4 nitrogen and oxygen atoms in total. The second-order valence-electron chi connectivity index (χ2n) is 3.41. The standard InChI is InChI=1S/C10H11ClN4/c1-6-3-7(5-13-10(6)11)8-4-9(12)15(2)14-8/h3-5H,12H2,1-2H3. The molecule has 0 atom stereocenters.